The highest BCUT2D eigenvalue weighted by Crippen LogP contribution is 2.28. The minimum atomic E-state index is 0.544. The van der Waals surface area contributed by atoms with Crippen molar-refractivity contribution < 1.29 is 4.42 Å². The van der Waals surface area contributed by atoms with E-state index in [-0.39, 0.29) is 0 Å². The number of anilines is 1. The van der Waals surface area contributed by atoms with Crippen molar-refractivity contribution in [2.45, 2.75) is 17.0 Å². The van der Waals surface area contributed by atoms with E-state index >= 15 is 0 Å². The molecule has 3 aromatic rings. The van der Waals surface area contributed by atoms with Crippen LogP contribution in [0.2, 0.25) is 0 Å². The maximum Gasteiger partial charge on any atom is 0.247 e. The molecular formula is C13H13N5OS2. The first-order chi connectivity index (χ1) is 10.2. The summed E-state index contributed by atoms with van der Waals surface area (Å²) >= 11 is 3.03. The fourth-order valence-electron chi connectivity index (χ4n) is 1.70. The van der Waals surface area contributed by atoms with Crippen molar-refractivity contribution in [2.24, 2.45) is 0 Å². The lowest BCUT2D eigenvalue weighted by molar-refractivity contribution is 0.528. The van der Waals surface area contributed by atoms with Crippen molar-refractivity contribution in [3.8, 4) is 11.5 Å². The number of nitrogens with zero attached hydrogens (tertiary/aromatic N) is 4. The second kappa shape index (κ2) is 6.23. The number of aryl methyl sites for hydroxylation is 1. The van der Waals surface area contributed by atoms with Crippen LogP contribution in [0.25, 0.3) is 11.5 Å². The molecule has 108 valence electrons. The van der Waals surface area contributed by atoms with E-state index in [2.05, 4.69) is 25.7 Å². The Balaban J connectivity index is 1.67. The molecule has 0 aliphatic carbocycles. The Kier molecular flexibility index (Phi) is 4.16. The summed E-state index contributed by atoms with van der Waals surface area (Å²) in [5.41, 5.74) is 2.10. The Morgan fingerprint density at radius 3 is 2.90 bits per heavy atom. The number of benzene rings is 1. The third-order valence-electron chi connectivity index (χ3n) is 2.67. The van der Waals surface area contributed by atoms with E-state index in [0.29, 0.717) is 17.5 Å². The molecule has 0 radical (unpaired) electrons. The summed E-state index contributed by atoms with van der Waals surface area (Å²) in [6.45, 7) is 2.03. The van der Waals surface area contributed by atoms with Gasteiger partial charge in [-0.25, -0.2) is 0 Å². The molecule has 21 heavy (non-hydrogen) atoms. The predicted molar refractivity (Wildman–Crippen MR) is 83.5 cm³/mol. The van der Waals surface area contributed by atoms with Gasteiger partial charge >= 0.3 is 0 Å². The monoisotopic (exact) mass is 319 g/mol. The number of hydrogen-bond acceptors (Lipinski definition) is 8. The van der Waals surface area contributed by atoms with Crippen LogP contribution in [0.3, 0.4) is 0 Å². The van der Waals surface area contributed by atoms with E-state index in [1.165, 1.54) is 23.1 Å². The van der Waals surface area contributed by atoms with Gasteiger partial charge in [-0.05, 0) is 19.1 Å². The standard InChI is InChI=1S/C13H13N5OS2/c1-8-4-3-5-9(6-8)11-16-15-10(19-11)7-20-13-18-17-12(14-2)21-13/h3-6H,7H2,1-2H3,(H,14,17). The normalized spacial score (nSPS) is 10.8. The van der Waals surface area contributed by atoms with Crippen LogP contribution in [0, 0.1) is 6.92 Å². The number of aromatic nitrogens is 4. The van der Waals surface area contributed by atoms with Gasteiger partial charge in [0.05, 0.1) is 5.75 Å². The van der Waals surface area contributed by atoms with Crippen molar-refractivity contribution in [3.05, 3.63) is 35.7 Å². The van der Waals surface area contributed by atoms with Crippen LogP contribution >= 0.6 is 23.1 Å². The first-order valence-electron chi connectivity index (χ1n) is 6.28. The Morgan fingerprint density at radius 2 is 2.14 bits per heavy atom. The summed E-state index contributed by atoms with van der Waals surface area (Å²) < 4.78 is 6.55. The predicted octanol–water partition coefficient (Wildman–Crippen LogP) is 3.23. The third kappa shape index (κ3) is 3.40. The molecule has 0 amide bonds. The zero-order valence-corrected chi connectivity index (χ0v) is 13.2. The molecule has 0 aliphatic rings. The third-order valence-corrected chi connectivity index (χ3v) is 4.73. The molecule has 2 aromatic heterocycles. The van der Waals surface area contributed by atoms with Gasteiger partial charge in [0.15, 0.2) is 4.34 Å². The molecular weight excluding hydrogens is 306 g/mol. The number of hydrogen-bond donors (Lipinski definition) is 1. The highest BCUT2D eigenvalue weighted by Gasteiger charge is 2.10. The largest absolute Gasteiger partial charge is 0.420 e. The van der Waals surface area contributed by atoms with Gasteiger partial charge in [0.25, 0.3) is 0 Å². The Bertz CT molecular complexity index is 740. The molecule has 0 bridgehead atoms. The number of rotatable bonds is 5. The quantitative estimate of drug-likeness (QED) is 0.723. The first-order valence-corrected chi connectivity index (χ1v) is 8.08. The minimum absolute atomic E-state index is 0.544. The zero-order chi connectivity index (χ0) is 14.7. The van der Waals surface area contributed by atoms with E-state index in [1.807, 2.05) is 38.2 Å². The highest BCUT2D eigenvalue weighted by atomic mass is 32.2. The topological polar surface area (TPSA) is 76.7 Å². The maximum atomic E-state index is 5.68. The van der Waals surface area contributed by atoms with Crippen LogP contribution in [0.1, 0.15) is 11.5 Å². The average molecular weight is 319 g/mol. The average Bonchev–Trinajstić information content (AvgIpc) is 3.14. The lowest BCUT2D eigenvalue weighted by Crippen LogP contribution is -1.84. The fraction of sp³-hybridized carbons (Fsp3) is 0.231. The van der Waals surface area contributed by atoms with Gasteiger partial charge in [0.2, 0.25) is 16.9 Å². The first kappa shape index (κ1) is 14.0. The summed E-state index contributed by atoms with van der Waals surface area (Å²) in [7, 11) is 1.82. The van der Waals surface area contributed by atoms with Crippen LogP contribution in [-0.2, 0) is 5.75 Å². The number of thioether (sulfide) groups is 1. The highest BCUT2D eigenvalue weighted by molar-refractivity contribution is 8.00. The van der Waals surface area contributed by atoms with Crippen molar-refractivity contribution in [1.82, 2.24) is 20.4 Å². The maximum absolute atomic E-state index is 5.68. The van der Waals surface area contributed by atoms with E-state index < -0.39 is 0 Å². The molecule has 0 atom stereocenters. The van der Waals surface area contributed by atoms with E-state index in [1.54, 1.807) is 0 Å². The van der Waals surface area contributed by atoms with Gasteiger partial charge in [0.1, 0.15) is 0 Å². The Labute approximate surface area is 130 Å². The van der Waals surface area contributed by atoms with Gasteiger partial charge in [-0.3, -0.25) is 0 Å². The Hall–Kier alpha value is -1.93. The molecule has 0 unspecified atom stereocenters. The summed E-state index contributed by atoms with van der Waals surface area (Å²) in [6.07, 6.45) is 0. The summed E-state index contributed by atoms with van der Waals surface area (Å²) in [4.78, 5) is 0. The van der Waals surface area contributed by atoms with Crippen LogP contribution in [0.4, 0.5) is 5.13 Å². The smallest absolute Gasteiger partial charge is 0.247 e. The second-order valence-electron chi connectivity index (χ2n) is 4.28. The van der Waals surface area contributed by atoms with Gasteiger partial charge < -0.3 is 9.73 Å². The van der Waals surface area contributed by atoms with Crippen LogP contribution in [0.15, 0.2) is 33.0 Å². The minimum Gasteiger partial charge on any atom is -0.420 e. The van der Waals surface area contributed by atoms with Gasteiger partial charge in [-0.2, -0.15) is 0 Å². The molecule has 0 aliphatic heterocycles. The lowest BCUT2D eigenvalue weighted by Gasteiger charge is -1.96. The van der Waals surface area contributed by atoms with E-state index in [0.717, 1.165) is 20.6 Å². The lowest BCUT2D eigenvalue weighted by atomic mass is 10.1. The SMILES string of the molecule is CNc1nnc(SCc2nnc(-c3cccc(C)c3)o2)s1. The van der Waals surface area contributed by atoms with Gasteiger partial charge in [0, 0.05) is 12.6 Å². The molecule has 3 rings (SSSR count). The Morgan fingerprint density at radius 1 is 1.24 bits per heavy atom. The molecule has 1 N–H and O–H groups in total. The molecule has 0 saturated heterocycles. The summed E-state index contributed by atoms with van der Waals surface area (Å²) in [6, 6.07) is 7.99. The number of nitrogens with one attached hydrogen (secondary N) is 1. The molecule has 2 heterocycles. The van der Waals surface area contributed by atoms with Crippen molar-refractivity contribution in [1.29, 1.82) is 0 Å². The molecule has 1 aromatic carbocycles. The van der Waals surface area contributed by atoms with Gasteiger partial charge in [-0.1, -0.05) is 40.8 Å². The van der Waals surface area contributed by atoms with Crippen molar-refractivity contribution in [2.75, 3.05) is 12.4 Å². The molecule has 0 saturated carbocycles. The summed E-state index contributed by atoms with van der Waals surface area (Å²) in [5.74, 6) is 1.71. The van der Waals surface area contributed by atoms with Crippen molar-refractivity contribution in [3.63, 3.8) is 0 Å². The molecule has 0 fully saturated rings. The van der Waals surface area contributed by atoms with Crippen LogP contribution < -0.4 is 5.32 Å². The van der Waals surface area contributed by atoms with Crippen LogP contribution in [-0.4, -0.2) is 27.4 Å². The molecule has 6 nitrogen and oxygen atoms in total. The summed E-state index contributed by atoms with van der Waals surface area (Å²) in [5, 5.41) is 19.9. The van der Waals surface area contributed by atoms with Crippen molar-refractivity contribution >= 4 is 28.2 Å². The second-order valence-corrected chi connectivity index (χ2v) is 6.48. The van der Waals surface area contributed by atoms with E-state index in [9.17, 15) is 0 Å². The zero-order valence-electron chi connectivity index (χ0n) is 11.5. The van der Waals surface area contributed by atoms with E-state index in [4.69, 9.17) is 4.42 Å². The molecule has 8 heteroatoms. The van der Waals surface area contributed by atoms with Crippen LogP contribution in [0.5, 0.6) is 0 Å². The molecule has 0 spiro atoms. The van der Waals surface area contributed by atoms with Gasteiger partial charge in [-0.15, -0.1) is 20.4 Å². The fourth-order valence-corrected chi connectivity index (χ4v) is 3.24.